The number of para-hydroxylation sites is 1. The molecule has 0 saturated carbocycles. The lowest BCUT2D eigenvalue weighted by molar-refractivity contribution is -0.140. The SMILES string of the molecule is COc1c(Cl)cc(Cl)cc1/C(O)=C1\C(=O)C(=O)N(Cc2cccs2)C1c1cccc(Oc2ccccc2)c1. The molecule has 0 aliphatic carbocycles. The molecule has 6 nitrogen and oxygen atoms in total. The van der Waals surface area contributed by atoms with Crippen molar-refractivity contribution in [1.82, 2.24) is 4.90 Å². The fourth-order valence-corrected chi connectivity index (χ4v) is 5.69. The zero-order valence-corrected chi connectivity index (χ0v) is 22.4. The fraction of sp³-hybridized carbons (Fsp3) is 0.103. The topological polar surface area (TPSA) is 76.1 Å². The van der Waals surface area contributed by atoms with Gasteiger partial charge in [-0.25, -0.2) is 0 Å². The normalized spacial score (nSPS) is 16.6. The molecule has 2 heterocycles. The summed E-state index contributed by atoms with van der Waals surface area (Å²) >= 11 is 14.0. The van der Waals surface area contributed by atoms with E-state index in [0.29, 0.717) is 17.1 Å². The third kappa shape index (κ3) is 5.00. The number of hydrogen-bond acceptors (Lipinski definition) is 6. The summed E-state index contributed by atoms with van der Waals surface area (Å²) in [5, 5.41) is 13.8. The average molecular weight is 566 g/mol. The van der Waals surface area contributed by atoms with Gasteiger partial charge < -0.3 is 19.5 Å². The van der Waals surface area contributed by atoms with E-state index in [0.717, 1.165) is 4.88 Å². The molecule has 1 N–H and O–H groups in total. The molecule has 1 atom stereocenters. The summed E-state index contributed by atoms with van der Waals surface area (Å²) in [6, 6.07) is 22.1. The number of Topliss-reactive ketones (excluding diaryl/α,β-unsaturated/α-hetero) is 1. The maximum atomic E-state index is 13.4. The maximum Gasteiger partial charge on any atom is 0.295 e. The molecular weight excluding hydrogens is 545 g/mol. The van der Waals surface area contributed by atoms with Gasteiger partial charge in [0.25, 0.3) is 11.7 Å². The summed E-state index contributed by atoms with van der Waals surface area (Å²) < 4.78 is 11.4. The van der Waals surface area contributed by atoms with E-state index in [-0.39, 0.29) is 33.5 Å². The van der Waals surface area contributed by atoms with Crippen LogP contribution < -0.4 is 9.47 Å². The molecule has 1 fully saturated rings. The van der Waals surface area contributed by atoms with E-state index in [9.17, 15) is 14.7 Å². The molecule has 1 aromatic heterocycles. The highest BCUT2D eigenvalue weighted by Gasteiger charge is 2.46. The first-order valence-electron chi connectivity index (χ1n) is 11.5. The Kier molecular flexibility index (Phi) is 7.42. The molecule has 1 amide bonds. The van der Waals surface area contributed by atoms with Crippen molar-refractivity contribution in [2.24, 2.45) is 0 Å². The number of benzene rings is 3. The van der Waals surface area contributed by atoms with E-state index >= 15 is 0 Å². The van der Waals surface area contributed by atoms with E-state index in [1.54, 1.807) is 24.3 Å². The minimum Gasteiger partial charge on any atom is -0.507 e. The quantitative estimate of drug-likeness (QED) is 0.143. The van der Waals surface area contributed by atoms with Gasteiger partial charge in [0.05, 0.1) is 35.9 Å². The van der Waals surface area contributed by atoms with E-state index in [1.807, 2.05) is 47.8 Å². The number of nitrogens with zero attached hydrogens (tertiary/aromatic N) is 1. The van der Waals surface area contributed by atoms with Crippen LogP contribution in [0.3, 0.4) is 0 Å². The van der Waals surface area contributed by atoms with Crippen molar-refractivity contribution in [2.45, 2.75) is 12.6 Å². The Morgan fingerprint density at radius 1 is 0.974 bits per heavy atom. The number of methoxy groups -OCH3 is 1. The molecule has 3 aromatic carbocycles. The van der Waals surface area contributed by atoms with Crippen LogP contribution in [-0.4, -0.2) is 28.8 Å². The Bertz CT molecular complexity index is 1540. The standard InChI is InChI=1S/C29H21Cl2NO5S/c1-36-28-22(14-18(30)15-23(28)31)26(33)24-25(32(29(35)27(24)34)16-21-11-6-12-38-21)17-7-5-10-20(13-17)37-19-8-3-2-4-9-19/h2-15,25,33H,16H2,1H3/b26-24+. The van der Waals surface area contributed by atoms with Crippen LogP contribution in [0.4, 0.5) is 0 Å². The molecule has 1 aliphatic rings. The van der Waals surface area contributed by atoms with Crippen LogP contribution in [0.1, 0.15) is 22.0 Å². The number of ether oxygens (including phenoxy) is 2. The smallest absolute Gasteiger partial charge is 0.295 e. The highest BCUT2D eigenvalue weighted by atomic mass is 35.5. The molecule has 5 rings (SSSR count). The number of rotatable bonds is 7. The van der Waals surface area contributed by atoms with Gasteiger partial charge in [-0.2, -0.15) is 0 Å². The number of halogens is 2. The zero-order chi connectivity index (χ0) is 26.8. The molecule has 4 aromatic rings. The van der Waals surface area contributed by atoms with E-state index < -0.39 is 23.5 Å². The Morgan fingerprint density at radius 3 is 2.45 bits per heavy atom. The molecule has 192 valence electrons. The van der Waals surface area contributed by atoms with Crippen LogP contribution in [0.25, 0.3) is 5.76 Å². The lowest BCUT2D eigenvalue weighted by Gasteiger charge is -2.25. The van der Waals surface area contributed by atoms with Crippen molar-refractivity contribution in [3.05, 3.63) is 116 Å². The van der Waals surface area contributed by atoms with Crippen LogP contribution in [0.15, 0.2) is 89.8 Å². The highest BCUT2D eigenvalue weighted by molar-refractivity contribution is 7.09. The number of amides is 1. The molecule has 1 saturated heterocycles. The molecular formula is C29H21Cl2NO5S. The first-order chi connectivity index (χ1) is 18.4. The number of carbonyl (C=O) groups excluding carboxylic acids is 2. The lowest BCUT2D eigenvalue weighted by Crippen LogP contribution is -2.28. The fourth-order valence-electron chi connectivity index (χ4n) is 4.42. The lowest BCUT2D eigenvalue weighted by atomic mass is 9.94. The molecule has 0 bridgehead atoms. The first kappa shape index (κ1) is 25.9. The number of likely N-dealkylation sites (tertiary alicyclic amines) is 1. The van der Waals surface area contributed by atoms with Gasteiger partial charge in [-0.1, -0.05) is 59.6 Å². The van der Waals surface area contributed by atoms with Crippen molar-refractivity contribution in [3.63, 3.8) is 0 Å². The third-order valence-corrected chi connectivity index (χ3v) is 7.43. The van der Waals surface area contributed by atoms with Gasteiger partial charge in [-0.15, -0.1) is 11.3 Å². The number of aliphatic hydroxyl groups is 1. The molecule has 1 aliphatic heterocycles. The Hall–Kier alpha value is -3.78. The van der Waals surface area contributed by atoms with Crippen molar-refractivity contribution in [3.8, 4) is 17.2 Å². The van der Waals surface area contributed by atoms with Crippen LogP contribution in [0.5, 0.6) is 17.2 Å². The summed E-state index contributed by atoms with van der Waals surface area (Å²) in [5.74, 6) is -0.701. The minimum atomic E-state index is -0.904. The second-order valence-corrected chi connectivity index (χ2v) is 10.3. The summed E-state index contributed by atoms with van der Waals surface area (Å²) in [6.07, 6.45) is 0. The summed E-state index contributed by atoms with van der Waals surface area (Å²) in [6.45, 7) is 0.181. The Balaban J connectivity index is 1.67. The molecule has 38 heavy (non-hydrogen) atoms. The number of carbonyl (C=O) groups is 2. The van der Waals surface area contributed by atoms with Gasteiger partial charge in [-0.3, -0.25) is 9.59 Å². The van der Waals surface area contributed by atoms with Crippen LogP contribution >= 0.6 is 34.5 Å². The van der Waals surface area contributed by atoms with Gasteiger partial charge in [0.15, 0.2) is 0 Å². The van der Waals surface area contributed by atoms with Crippen molar-refractivity contribution in [1.29, 1.82) is 0 Å². The van der Waals surface area contributed by atoms with E-state index in [1.165, 1.54) is 35.5 Å². The van der Waals surface area contributed by atoms with Crippen LogP contribution in [-0.2, 0) is 16.1 Å². The van der Waals surface area contributed by atoms with Crippen LogP contribution in [0, 0.1) is 0 Å². The number of thiophene rings is 1. The van der Waals surface area contributed by atoms with Crippen molar-refractivity contribution in [2.75, 3.05) is 7.11 Å². The monoisotopic (exact) mass is 565 g/mol. The van der Waals surface area contributed by atoms with Crippen molar-refractivity contribution >= 4 is 52.0 Å². The van der Waals surface area contributed by atoms with Gasteiger partial charge >= 0.3 is 0 Å². The van der Waals surface area contributed by atoms with E-state index in [4.69, 9.17) is 32.7 Å². The third-order valence-electron chi connectivity index (χ3n) is 6.07. The zero-order valence-electron chi connectivity index (χ0n) is 20.1. The Labute approximate surface area is 233 Å². The number of hydrogen-bond donors (Lipinski definition) is 1. The Morgan fingerprint density at radius 2 is 1.74 bits per heavy atom. The van der Waals surface area contributed by atoms with Crippen LogP contribution in [0.2, 0.25) is 10.0 Å². The number of aliphatic hydroxyl groups excluding tert-OH is 1. The van der Waals surface area contributed by atoms with Gasteiger partial charge in [0.2, 0.25) is 0 Å². The summed E-state index contributed by atoms with van der Waals surface area (Å²) in [5.41, 5.74) is 0.601. The van der Waals surface area contributed by atoms with E-state index in [2.05, 4.69) is 0 Å². The largest absolute Gasteiger partial charge is 0.507 e. The maximum absolute atomic E-state index is 13.4. The minimum absolute atomic E-state index is 0.0972. The molecule has 0 spiro atoms. The highest BCUT2D eigenvalue weighted by Crippen LogP contribution is 2.44. The molecule has 9 heteroatoms. The van der Waals surface area contributed by atoms with Crippen molar-refractivity contribution < 1.29 is 24.2 Å². The average Bonchev–Trinajstić information content (AvgIpc) is 3.51. The summed E-state index contributed by atoms with van der Waals surface area (Å²) in [7, 11) is 1.39. The second-order valence-electron chi connectivity index (χ2n) is 8.46. The molecule has 0 radical (unpaired) electrons. The summed E-state index contributed by atoms with van der Waals surface area (Å²) in [4.78, 5) is 29.1. The second kappa shape index (κ2) is 10.9. The predicted molar refractivity (Wildman–Crippen MR) is 148 cm³/mol. The predicted octanol–water partition coefficient (Wildman–Crippen LogP) is 7.48. The van der Waals surface area contributed by atoms with Gasteiger partial charge in [0, 0.05) is 9.90 Å². The molecule has 1 unspecified atom stereocenters. The van der Waals surface area contributed by atoms with Gasteiger partial charge in [-0.05, 0) is 53.4 Å². The first-order valence-corrected chi connectivity index (χ1v) is 13.2. The number of ketones is 1. The van der Waals surface area contributed by atoms with Gasteiger partial charge in [0.1, 0.15) is 23.0 Å².